The van der Waals surface area contributed by atoms with Crippen molar-refractivity contribution in [2.24, 2.45) is 5.90 Å². The van der Waals surface area contributed by atoms with Crippen LogP contribution in [-0.4, -0.2) is 76.8 Å². The van der Waals surface area contributed by atoms with Gasteiger partial charge in [-0.25, -0.2) is 16.2 Å². The summed E-state index contributed by atoms with van der Waals surface area (Å²) in [4.78, 5) is 57.2. The number of carbonyl (C=O) groups excluding carboxylic acids is 3. The van der Waals surface area contributed by atoms with Crippen molar-refractivity contribution in [3.8, 4) is 0 Å². The Hall–Kier alpha value is -4.80. The van der Waals surface area contributed by atoms with E-state index < -0.39 is 5.97 Å². The molecule has 2 saturated heterocycles. The molecule has 2 fully saturated rings. The number of nitrogens with zero attached hydrogens (tertiary/aromatic N) is 2. The molecular formula is C48H68N6O9. The third-order valence-electron chi connectivity index (χ3n) is 12.1. The number of rotatable bonds is 19. The third kappa shape index (κ3) is 14.4. The Labute approximate surface area is 370 Å². The summed E-state index contributed by atoms with van der Waals surface area (Å²) >= 11 is 0. The molecule has 4 aliphatic rings. The number of amides is 3. The van der Waals surface area contributed by atoms with Gasteiger partial charge in [-0.2, -0.15) is 0 Å². The Bertz CT molecular complexity index is 2080. The smallest absolute Gasteiger partial charge is 0.303 e. The van der Waals surface area contributed by atoms with Gasteiger partial charge in [-0.3, -0.25) is 24.0 Å². The molecule has 6 heterocycles. The highest BCUT2D eigenvalue weighted by Crippen LogP contribution is 2.30. The number of hydrogen-bond donors (Lipinski definition) is 5. The van der Waals surface area contributed by atoms with Gasteiger partial charge in [0.2, 0.25) is 5.91 Å². The van der Waals surface area contributed by atoms with Crippen molar-refractivity contribution in [1.29, 1.82) is 0 Å². The monoisotopic (exact) mass is 873 g/mol. The first-order valence-electron chi connectivity index (χ1n) is 23.4. The van der Waals surface area contributed by atoms with E-state index in [2.05, 4.69) is 66.5 Å². The van der Waals surface area contributed by atoms with E-state index in [4.69, 9.17) is 25.3 Å². The first-order chi connectivity index (χ1) is 30.8. The first kappa shape index (κ1) is 47.7. The van der Waals surface area contributed by atoms with Crippen molar-refractivity contribution in [3.05, 3.63) is 71.0 Å². The zero-order valence-electron chi connectivity index (χ0n) is 36.8. The maximum atomic E-state index is 12.7. The number of para-hydroxylation sites is 2. The number of nitrogens with one attached hydrogen (secondary N) is 3. The molecule has 4 aliphatic heterocycles. The van der Waals surface area contributed by atoms with E-state index in [9.17, 15) is 19.2 Å². The van der Waals surface area contributed by atoms with Gasteiger partial charge < -0.3 is 34.3 Å². The molecule has 2 unspecified atom stereocenters. The lowest BCUT2D eigenvalue weighted by Crippen LogP contribution is -2.32. The summed E-state index contributed by atoms with van der Waals surface area (Å²) in [5, 5.41) is 16.9. The largest absolute Gasteiger partial charge is 0.481 e. The highest BCUT2D eigenvalue weighted by molar-refractivity contribution is 6.00. The van der Waals surface area contributed by atoms with Crippen molar-refractivity contribution in [3.63, 3.8) is 0 Å². The second kappa shape index (κ2) is 25.5. The Balaban J connectivity index is 0.000000182. The van der Waals surface area contributed by atoms with Crippen molar-refractivity contribution in [2.75, 3.05) is 26.3 Å². The van der Waals surface area contributed by atoms with Gasteiger partial charge in [-0.05, 0) is 100 Å². The van der Waals surface area contributed by atoms with E-state index in [1.54, 1.807) is 0 Å². The predicted octanol–water partition coefficient (Wildman–Crippen LogP) is 7.60. The number of benzene rings is 2. The molecule has 3 amide bonds. The van der Waals surface area contributed by atoms with E-state index >= 15 is 0 Å². The molecule has 0 bridgehead atoms. The third-order valence-corrected chi connectivity index (χ3v) is 12.1. The summed E-state index contributed by atoms with van der Waals surface area (Å²) in [6, 6.07) is 16.6. The van der Waals surface area contributed by atoms with Crippen molar-refractivity contribution < 1.29 is 43.4 Å². The van der Waals surface area contributed by atoms with Gasteiger partial charge in [0.05, 0.1) is 11.0 Å². The lowest BCUT2D eigenvalue weighted by molar-refractivity contribution is -0.200. The second-order valence-electron chi connectivity index (χ2n) is 16.9. The van der Waals surface area contributed by atoms with Crippen molar-refractivity contribution in [1.82, 2.24) is 25.2 Å². The fourth-order valence-electron chi connectivity index (χ4n) is 8.81. The molecule has 8 rings (SSSR count). The van der Waals surface area contributed by atoms with Crippen LogP contribution in [0.3, 0.4) is 0 Å². The number of nitrogens with two attached hydrogens (primary N) is 1. The van der Waals surface area contributed by atoms with Crippen LogP contribution in [0.4, 0.5) is 0 Å². The fraction of sp³-hybridized carbons (Fsp3) is 0.583. The number of carbonyl (C=O) groups is 4. The van der Waals surface area contributed by atoms with Gasteiger partial charge in [0, 0.05) is 75.8 Å². The number of ether oxygens (including phenoxy) is 2. The van der Waals surface area contributed by atoms with Gasteiger partial charge >= 0.3 is 5.97 Å². The van der Waals surface area contributed by atoms with Crippen molar-refractivity contribution in [2.45, 2.75) is 154 Å². The van der Waals surface area contributed by atoms with Crippen LogP contribution in [0.15, 0.2) is 48.5 Å². The normalized spacial score (nSPS) is 17.8. The molecule has 15 heteroatoms. The van der Waals surface area contributed by atoms with Gasteiger partial charge in [0.1, 0.15) is 11.4 Å². The molecule has 6 N–H and O–H groups in total. The van der Waals surface area contributed by atoms with Crippen LogP contribution in [0.2, 0.25) is 0 Å². The number of aliphatic carboxylic acids is 1. The molecule has 0 saturated carbocycles. The molecule has 344 valence electrons. The van der Waals surface area contributed by atoms with E-state index in [0.29, 0.717) is 32.5 Å². The molecule has 0 aliphatic carbocycles. The predicted molar refractivity (Wildman–Crippen MR) is 241 cm³/mol. The highest BCUT2D eigenvalue weighted by atomic mass is 16.8. The molecule has 0 radical (unpaired) electrons. The number of carboxylic acids is 1. The minimum Gasteiger partial charge on any atom is -0.481 e. The first-order valence-corrected chi connectivity index (χ1v) is 23.4. The number of unbranched alkanes of at least 4 members (excludes halogenated alkanes) is 6. The summed E-state index contributed by atoms with van der Waals surface area (Å²) in [6.07, 6.45) is 17.8. The highest BCUT2D eigenvalue weighted by Gasteiger charge is 2.22. The maximum Gasteiger partial charge on any atom is 0.303 e. The second-order valence-corrected chi connectivity index (χ2v) is 16.9. The van der Waals surface area contributed by atoms with Gasteiger partial charge in [-0.15, -0.1) is 0 Å². The molecule has 15 nitrogen and oxygen atoms in total. The minimum absolute atomic E-state index is 0.00510. The summed E-state index contributed by atoms with van der Waals surface area (Å²) in [5.74, 6) is 4.03. The molecule has 4 aromatic rings. The SMILES string of the molecule is NOC1CCCCO1.O=C(CCCCCCNC(=O)c1cc2cccc3c2n1CCC3)NOC1CCCCO1.O=C(O)CCCCCCNC(=O)c1cc2cccc3c2n1CCC3. The van der Waals surface area contributed by atoms with Crippen LogP contribution in [-0.2, 0) is 54.7 Å². The van der Waals surface area contributed by atoms with E-state index in [1.807, 2.05) is 12.1 Å². The average Bonchev–Trinajstić information content (AvgIpc) is 3.89. The average molecular weight is 873 g/mol. The molecular weight excluding hydrogens is 805 g/mol. The van der Waals surface area contributed by atoms with Gasteiger partial charge in [-0.1, -0.05) is 62.1 Å². The molecule has 0 spiro atoms. The van der Waals surface area contributed by atoms with Crippen LogP contribution in [0.5, 0.6) is 0 Å². The van der Waals surface area contributed by atoms with Crippen molar-refractivity contribution >= 4 is 45.5 Å². The van der Waals surface area contributed by atoms with Gasteiger partial charge in [0.25, 0.3) is 11.8 Å². The quantitative estimate of drug-likeness (QED) is 0.0462. The number of hydroxylamine groups is 1. The maximum absolute atomic E-state index is 12.7. The van der Waals surface area contributed by atoms with Crippen LogP contribution in [0.1, 0.15) is 148 Å². The number of aryl methyl sites for hydroxylation is 4. The zero-order chi connectivity index (χ0) is 44.2. The Morgan fingerprint density at radius 1 is 0.651 bits per heavy atom. The van der Waals surface area contributed by atoms with E-state index in [0.717, 1.165) is 145 Å². The number of hydrogen-bond acceptors (Lipinski definition) is 9. The van der Waals surface area contributed by atoms with Crippen LogP contribution in [0, 0.1) is 0 Å². The Morgan fingerprint density at radius 3 is 1.63 bits per heavy atom. The topological polar surface area (TPSA) is 197 Å². The summed E-state index contributed by atoms with van der Waals surface area (Å²) in [6.45, 7) is 4.59. The Kier molecular flexibility index (Phi) is 19.3. The molecule has 63 heavy (non-hydrogen) atoms. The number of carboxylic acid groups (broad SMARTS) is 1. The summed E-state index contributed by atoms with van der Waals surface area (Å²) < 4.78 is 14.8. The van der Waals surface area contributed by atoms with E-state index in [1.165, 1.54) is 28.6 Å². The molecule has 2 aromatic heterocycles. The van der Waals surface area contributed by atoms with Crippen LogP contribution < -0.4 is 22.0 Å². The number of aromatic nitrogens is 2. The zero-order valence-corrected chi connectivity index (χ0v) is 36.8. The standard InChI is InChI=1S/C24H33N3O4.C19H24N2O3.C5H11NO2/c28-21(26-31-22-13-4-6-16-30-22)12-3-1-2-5-14-25-24(29)20-17-19-10-7-9-18-11-8-15-27(20)23(18)19;22-17(23)10-3-1-2-4-11-20-19(24)16-13-15-8-5-7-14-9-6-12-21(16)18(14)15;6-8-5-3-1-2-4-7-5/h7,9-10,17,22H,1-6,8,11-16H2,(H,25,29)(H,26,28);5,7-8,13H,1-4,6,9-12H2,(H,20,24)(H,22,23);5H,1-4,6H2. The van der Waals surface area contributed by atoms with Crippen LogP contribution >= 0.6 is 0 Å². The Morgan fingerprint density at radius 2 is 1.16 bits per heavy atom. The van der Waals surface area contributed by atoms with E-state index in [-0.39, 0.29) is 36.7 Å². The van der Waals surface area contributed by atoms with Gasteiger partial charge in [0.15, 0.2) is 12.6 Å². The summed E-state index contributed by atoms with van der Waals surface area (Å²) in [5.41, 5.74) is 9.11. The lowest BCUT2D eigenvalue weighted by Gasteiger charge is -2.22. The fourth-order valence-corrected chi connectivity index (χ4v) is 8.81. The van der Waals surface area contributed by atoms with Crippen LogP contribution in [0.25, 0.3) is 21.8 Å². The molecule has 2 aromatic carbocycles. The minimum atomic E-state index is -0.739. The lowest BCUT2D eigenvalue weighted by atomic mass is 10.0. The molecule has 2 atom stereocenters. The summed E-state index contributed by atoms with van der Waals surface area (Å²) in [7, 11) is 0.